The summed E-state index contributed by atoms with van der Waals surface area (Å²) in [6.07, 6.45) is 0.143. The molecule has 0 radical (unpaired) electrons. The SMILES string of the molecule is CC(Cc1c[nH]c2ccccc12)NC(=O)C(=N)NC(=N)N1CCN(CC(F)F)CC1. The standard InChI is InChI=1S/C20H27F2N7O/c1-13(10-14-11-25-16-5-3-2-4-15(14)16)26-19(30)18(23)27-20(24)29-8-6-28(7-9-29)12-17(21)22/h2-5,11,13,17,25H,6-10,12H2,1H3,(H,26,30)(H3,23,24,27). The lowest BCUT2D eigenvalue weighted by Gasteiger charge is -2.35. The van der Waals surface area contributed by atoms with E-state index in [2.05, 4.69) is 15.6 Å². The van der Waals surface area contributed by atoms with Gasteiger partial charge in [-0.05, 0) is 25.0 Å². The smallest absolute Gasteiger partial charge is 0.286 e. The minimum Gasteiger partial charge on any atom is -0.361 e. The topological polar surface area (TPSA) is 111 Å². The normalized spacial score (nSPS) is 15.9. The largest absolute Gasteiger partial charge is 0.361 e. The van der Waals surface area contributed by atoms with Gasteiger partial charge in [0.15, 0.2) is 11.8 Å². The Morgan fingerprint density at radius 3 is 2.60 bits per heavy atom. The van der Waals surface area contributed by atoms with Gasteiger partial charge < -0.3 is 20.5 Å². The number of H-pyrrole nitrogens is 1. The highest BCUT2D eigenvalue weighted by molar-refractivity contribution is 6.39. The summed E-state index contributed by atoms with van der Waals surface area (Å²) in [5.41, 5.74) is 2.11. The van der Waals surface area contributed by atoms with Crippen molar-refractivity contribution in [3.05, 3.63) is 36.0 Å². The van der Waals surface area contributed by atoms with Gasteiger partial charge in [0.25, 0.3) is 12.3 Å². The van der Waals surface area contributed by atoms with Crippen molar-refractivity contribution >= 4 is 28.6 Å². The number of amidine groups is 1. The van der Waals surface area contributed by atoms with Gasteiger partial charge in [-0.1, -0.05) is 18.2 Å². The summed E-state index contributed by atoms with van der Waals surface area (Å²) >= 11 is 0. The molecule has 1 aromatic carbocycles. The highest BCUT2D eigenvalue weighted by atomic mass is 19.3. The first-order valence-corrected chi connectivity index (χ1v) is 9.89. The third-order valence-electron chi connectivity index (χ3n) is 5.13. The summed E-state index contributed by atoms with van der Waals surface area (Å²) in [6.45, 7) is 3.20. The molecule has 2 heterocycles. The molecule has 2 aromatic rings. The number of fused-ring (bicyclic) bond motifs is 1. The van der Waals surface area contributed by atoms with Crippen LogP contribution in [0.3, 0.4) is 0 Å². The van der Waals surface area contributed by atoms with E-state index in [4.69, 9.17) is 10.8 Å². The molecule has 1 unspecified atom stereocenters. The molecule has 0 aliphatic carbocycles. The lowest BCUT2D eigenvalue weighted by atomic mass is 10.1. The van der Waals surface area contributed by atoms with Gasteiger partial charge in [-0.15, -0.1) is 0 Å². The molecule has 1 aliphatic heterocycles. The highest BCUT2D eigenvalue weighted by Crippen LogP contribution is 2.18. The van der Waals surface area contributed by atoms with Gasteiger partial charge in [0.1, 0.15) is 0 Å². The Morgan fingerprint density at radius 2 is 1.90 bits per heavy atom. The van der Waals surface area contributed by atoms with Crippen LogP contribution in [-0.2, 0) is 11.2 Å². The van der Waals surface area contributed by atoms with E-state index in [0.29, 0.717) is 32.6 Å². The summed E-state index contributed by atoms with van der Waals surface area (Å²) in [6, 6.07) is 7.71. The molecule has 8 nitrogen and oxygen atoms in total. The minimum atomic E-state index is -2.38. The van der Waals surface area contributed by atoms with Crippen LogP contribution in [0.25, 0.3) is 10.9 Å². The number of carbonyl (C=O) groups is 1. The third-order valence-corrected chi connectivity index (χ3v) is 5.13. The maximum Gasteiger partial charge on any atom is 0.286 e. The maximum absolute atomic E-state index is 12.5. The molecule has 1 atom stereocenters. The van der Waals surface area contributed by atoms with Gasteiger partial charge >= 0.3 is 0 Å². The average Bonchev–Trinajstić information content (AvgIpc) is 3.10. The van der Waals surface area contributed by atoms with Crippen molar-refractivity contribution in [2.45, 2.75) is 25.8 Å². The van der Waals surface area contributed by atoms with Crippen molar-refractivity contribution in [1.82, 2.24) is 25.4 Å². The molecule has 1 aromatic heterocycles. The van der Waals surface area contributed by atoms with Crippen LogP contribution in [0, 0.1) is 10.8 Å². The van der Waals surface area contributed by atoms with E-state index < -0.39 is 18.2 Å². The number of halogens is 2. The predicted molar refractivity (Wildman–Crippen MR) is 112 cm³/mol. The van der Waals surface area contributed by atoms with Crippen LogP contribution >= 0.6 is 0 Å². The number of nitrogens with zero attached hydrogens (tertiary/aromatic N) is 2. The molecule has 10 heteroatoms. The molecule has 1 amide bonds. The van der Waals surface area contributed by atoms with E-state index in [0.717, 1.165) is 16.5 Å². The van der Waals surface area contributed by atoms with Crippen molar-refractivity contribution in [3.63, 3.8) is 0 Å². The number of aromatic amines is 1. The average molecular weight is 419 g/mol. The van der Waals surface area contributed by atoms with E-state index in [1.807, 2.05) is 37.4 Å². The zero-order valence-corrected chi connectivity index (χ0v) is 16.8. The highest BCUT2D eigenvalue weighted by Gasteiger charge is 2.23. The molecular weight excluding hydrogens is 392 g/mol. The third kappa shape index (κ3) is 5.53. The molecule has 0 bridgehead atoms. The molecule has 1 aliphatic rings. The number of hydrogen-bond acceptors (Lipinski definition) is 4. The number of guanidine groups is 1. The Kier molecular flexibility index (Phi) is 6.99. The Morgan fingerprint density at radius 1 is 1.20 bits per heavy atom. The maximum atomic E-state index is 12.5. The quantitative estimate of drug-likeness (QED) is 0.374. The number of aromatic nitrogens is 1. The Labute approximate surface area is 173 Å². The molecule has 0 saturated carbocycles. The van der Waals surface area contributed by atoms with Crippen LogP contribution in [-0.4, -0.2) is 77.7 Å². The summed E-state index contributed by atoms with van der Waals surface area (Å²) in [7, 11) is 0. The van der Waals surface area contributed by atoms with Gasteiger partial charge in [-0.2, -0.15) is 0 Å². The second-order valence-corrected chi connectivity index (χ2v) is 7.47. The van der Waals surface area contributed by atoms with Crippen LogP contribution in [0.2, 0.25) is 0 Å². The Hall–Kier alpha value is -3.01. The second-order valence-electron chi connectivity index (χ2n) is 7.47. The van der Waals surface area contributed by atoms with Crippen LogP contribution in [0.15, 0.2) is 30.5 Å². The Bertz CT molecular complexity index is 905. The molecular formula is C20H27F2N7O. The molecule has 162 valence electrons. The Balaban J connectivity index is 1.45. The first-order valence-electron chi connectivity index (χ1n) is 9.89. The van der Waals surface area contributed by atoms with Crippen LogP contribution < -0.4 is 10.6 Å². The zero-order chi connectivity index (χ0) is 21.7. The molecule has 5 N–H and O–H groups in total. The zero-order valence-electron chi connectivity index (χ0n) is 16.8. The predicted octanol–water partition coefficient (Wildman–Crippen LogP) is 1.60. The van der Waals surface area contributed by atoms with Crippen LogP contribution in [0.5, 0.6) is 0 Å². The van der Waals surface area contributed by atoms with E-state index in [1.165, 1.54) is 0 Å². The van der Waals surface area contributed by atoms with Crippen LogP contribution in [0.4, 0.5) is 8.78 Å². The molecule has 0 spiro atoms. The van der Waals surface area contributed by atoms with Crippen molar-refractivity contribution in [2.75, 3.05) is 32.7 Å². The molecule has 30 heavy (non-hydrogen) atoms. The van der Waals surface area contributed by atoms with Gasteiger partial charge in [-0.25, -0.2) is 8.78 Å². The van der Waals surface area contributed by atoms with Crippen LogP contribution in [0.1, 0.15) is 12.5 Å². The molecule has 3 rings (SSSR count). The van der Waals surface area contributed by atoms with E-state index >= 15 is 0 Å². The lowest BCUT2D eigenvalue weighted by molar-refractivity contribution is -0.115. The van der Waals surface area contributed by atoms with Gasteiger partial charge in [-0.3, -0.25) is 20.5 Å². The van der Waals surface area contributed by atoms with Gasteiger partial charge in [0.05, 0.1) is 6.54 Å². The summed E-state index contributed by atoms with van der Waals surface area (Å²) in [4.78, 5) is 18.8. The number of carbonyl (C=O) groups excluding carboxylic acids is 1. The number of piperazine rings is 1. The van der Waals surface area contributed by atoms with Crippen molar-refractivity contribution in [3.8, 4) is 0 Å². The van der Waals surface area contributed by atoms with E-state index in [1.54, 1.807) is 9.80 Å². The molecule has 1 fully saturated rings. The van der Waals surface area contributed by atoms with Crippen molar-refractivity contribution in [1.29, 1.82) is 10.8 Å². The number of alkyl halides is 2. The fraction of sp³-hybridized carbons (Fsp3) is 0.450. The monoisotopic (exact) mass is 419 g/mol. The number of para-hydroxylation sites is 1. The fourth-order valence-electron chi connectivity index (χ4n) is 3.58. The summed E-state index contributed by atoms with van der Waals surface area (Å²) in [5, 5.41) is 22.4. The van der Waals surface area contributed by atoms with E-state index in [9.17, 15) is 13.6 Å². The summed E-state index contributed by atoms with van der Waals surface area (Å²) < 4.78 is 24.9. The van der Waals surface area contributed by atoms with Crippen molar-refractivity contribution < 1.29 is 13.6 Å². The number of hydrogen-bond donors (Lipinski definition) is 5. The van der Waals surface area contributed by atoms with E-state index in [-0.39, 0.29) is 18.5 Å². The first-order chi connectivity index (χ1) is 14.3. The number of amides is 1. The van der Waals surface area contributed by atoms with Crippen molar-refractivity contribution in [2.24, 2.45) is 0 Å². The fourth-order valence-corrected chi connectivity index (χ4v) is 3.58. The van der Waals surface area contributed by atoms with Gasteiger partial charge in [0, 0.05) is 49.3 Å². The molecule has 1 saturated heterocycles. The second kappa shape index (κ2) is 9.66. The number of rotatable bonds is 5. The first kappa shape index (κ1) is 21.7. The number of nitrogens with one attached hydrogen (secondary N) is 5. The lowest BCUT2D eigenvalue weighted by Crippen LogP contribution is -2.55. The summed E-state index contributed by atoms with van der Waals surface area (Å²) in [5.74, 6) is -1.08. The van der Waals surface area contributed by atoms with Gasteiger partial charge in [0.2, 0.25) is 0 Å². The minimum absolute atomic E-state index is 0.0730. The number of benzene rings is 1.